The largest absolute Gasteiger partial charge is 0.323 e. The van der Waals surface area contributed by atoms with Crippen LogP contribution < -0.4 is 16.6 Å². The Labute approximate surface area is 117 Å². The summed E-state index contributed by atoms with van der Waals surface area (Å²) in [7, 11) is 0. The fourth-order valence-corrected chi connectivity index (χ4v) is 1.52. The molecule has 1 heterocycles. The van der Waals surface area contributed by atoms with Gasteiger partial charge in [0.25, 0.3) is 11.6 Å². The second-order valence-corrected chi connectivity index (χ2v) is 3.95. The molecule has 4 N–H and O–H groups in total. The Morgan fingerprint density at radius 3 is 2.67 bits per heavy atom. The monoisotopic (exact) mass is 291 g/mol. The van der Waals surface area contributed by atoms with Gasteiger partial charge < -0.3 is 10.7 Å². The molecule has 0 aliphatic carbocycles. The molecule has 0 saturated heterocycles. The van der Waals surface area contributed by atoms with Crippen LogP contribution in [0.4, 0.5) is 21.5 Å². The fraction of sp³-hybridized carbons (Fsp3) is 0. The van der Waals surface area contributed by atoms with Crippen LogP contribution in [0.3, 0.4) is 0 Å². The quantitative estimate of drug-likeness (QED) is 0.447. The first kappa shape index (κ1) is 14.3. The molecule has 108 valence electrons. The van der Waals surface area contributed by atoms with Crippen molar-refractivity contribution in [2.75, 3.05) is 10.7 Å². The lowest BCUT2D eigenvalue weighted by molar-refractivity contribution is -0.384. The summed E-state index contributed by atoms with van der Waals surface area (Å²) >= 11 is 0. The van der Waals surface area contributed by atoms with Crippen molar-refractivity contribution in [1.82, 2.24) is 4.98 Å². The van der Waals surface area contributed by atoms with E-state index in [2.05, 4.69) is 15.7 Å². The minimum absolute atomic E-state index is 0.0138. The summed E-state index contributed by atoms with van der Waals surface area (Å²) in [6.07, 6.45) is 1.32. The molecule has 8 nitrogen and oxygen atoms in total. The summed E-state index contributed by atoms with van der Waals surface area (Å²) in [5, 5.41) is 12.9. The minimum Gasteiger partial charge on any atom is -0.323 e. The number of hydrazine groups is 1. The Morgan fingerprint density at radius 1 is 1.33 bits per heavy atom. The van der Waals surface area contributed by atoms with Crippen molar-refractivity contribution in [3.63, 3.8) is 0 Å². The number of nitro groups is 1. The Bertz CT molecular complexity index is 690. The molecule has 0 bridgehead atoms. The second-order valence-electron chi connectivity index (χ2n) is 3.95. The molecule has 1 aromatic carbocycles. The van der Waals surface area contributed by atoms with Crippen LogP contribution >= 0.6 is 0 Å². The summed E-state index contributed by atoms with van der Waals surface area (Å²) in [4.78, 5) is 25.7. The lowest BCUT2D eigenvalue weighted by Crippen LogP contribution is -2.15. The Morgan fingerprint density at radius 2 is 2.10 bits per heavy atom. The van der Waals surface area contributed by atoms with Crippen LogP contribution in [-0.4, -0.2) is 15.8 Å². The Hall–Kier alpha value is -3.07. The third-order valence-electron chi connectivity index (χ3n) is 2.57. The van der Waals surface area contributed by atoms with Crippen molar-refractivity contribution < 1.29 is 14.1 Å². The number of nitrogens with zero attached hydrogens (tertiary/aromatic N) is 2. The SMILES string of the molecule is NNc1ccc(C(=O)Nc2cc([N+](=O)[O-])ccc2F)nc1. The van der Waals surface area contributed by atoms with E-state index in [0.717, 1.165) is 18.2 Å². The molecule has 0 spiro atoms. The van der Waals surface area contributed by atoms with Gasteiger partial charge in [-0.15, -0.1) is 0 Å². The van der Waals surface area contributed by atoms with Gasteiger partial charge in [-0.1, -0.05) is 0 Å². The van der Waals surface area contributed by atoms with Crippen LogP contribution in [-0.2, 0) is 0 Å². The first-order valence-electron chi connectivity index (χ1n) is 5.69. The zero-order chi connectivity index (χ0) is 15.4. The summed E-state index contributed by atoms with van der Waals surface area (Å²) in [6, 6.07) is 5.72. The van der Waals surface area contributed by atoms with E-state index < -0.39 is 16.6 Å². The first-order valence-corrected chi connectivity index (χ1v) is 5.69. The van der Waals surface area contributed by atoms with Gasteiger partial charge in [-0.2, -0.15) is 0 Å². The van der Waals surface area contributed by atoms with Crippen LogP contribution in [0.15, 0.2) is 36.5 Å². The lowest BCUT2D eigenvalue weighted by Gasteiger charge is -2.06. The number of carbonyl (C=O) groups is 1. The number of nitro benzene ring substituents is 1. The minimum atomic E-state index is -0.783. The average molecular weight is 291 g/mol. The fourth-order valence-electron chi connectivity index (χ4n) is 1.52. The Kier molecular flexibility index (Phi) is 4.05. The molecule has 0 fully saturated rings. The van der Waals surface area contributed by atoms with Gasteiger partial charge in [0.05, 0.1) is 22.5 Å². The molecule has 0 unspecified atom stereocenters. The summed E-state index contributed by atoms with van der Waals surface area (Å²) in [5.74, 6) is 3.68. The van der Waals surface area contributed by atoms with E-state index in [-0.39, 0.29) is 17.1 Å². The van der Waals surface area contributed by atoms with Crippen LogP contribution in [0.5, 0.6) is 0 Å². The molecule has 0 radical (unpaired) electrons. The summed E-state index contributed by atoms with van der Waals surface area (Å²) < 4.78 is 13.5. The number of nitrogens with one attached hydrogen (secondary N) is 2. The van der Waals surface area contributed by atoms with Gasteiger partial charge in [-0.05, 0) is 18.2 Å². The number of nitrogen functional groups attached to an aromatic ring is 1. The number of hydrogen-bond acceptors (Lipinski definition) is 6. The van der Waals surface area contributed by atoms with Crippen molar-refractivity contribution in [3.8, 4) is 0 Å². The van der Waals surface area contributed by atoms with Gasteiger partial charge in [0.2, 0.25) is 0 Å². The highest BCUT2D eigenvalue weighted by molar-refractivity contribution is 6.03. The maximum atomic E-state index is 13.5. The van der Waals surface area contributed by atoms with E-state index in [9.17, 15) is 19.3 Å². The van der Waals surface area contributed by atoms with E-state index in [1.165, 1.54) is 18.3 Å². The number of carbonyl (C=O) groups excluding carboxylic acids is 1. The number of hydrogen-bond donors (Lipinski definition) is 3. The topological polar surface area (TPSA) is 123 Å². The van der Waals surface area contributed by atoms with E-state index in [0.29, 0.717) is 5.69 Å². The lowest BCUT2D eigenvalue weighted by atomic mass is 10.2. The van der Waals surface area contributed by atoms with Crippen LogP contribution in [0.2, 0.25) is 0 Å². The van der Waals surface area contributed by atoms with E-state index in [1.807, 2.05) is 0 Å². The van der Waals surface area contributed by atoms with Crippen molar-refractivity contribution in [3.05, 3.63) is 58.2 Å². The zero-order valence-electron chi connectivity index (χ0n) is 10.5. The van der Waals surface area contributed by atoms with Gasteiger partial charge in [-0.3, -0.25) is 20.8 Å². The third kappa shape index (κ3) is 3.28. The highest BCUT2D eigenvalue weighted by Crippen LogP contribution is 2.21. The molecule has 0 atom stereocenters. The van der Waals surface area contributed by atoms with Crippen molar-refractivity contribution >= 4 is 23.0 Å². The van der Waals surface area contributed by atoms with E-state index >= 15 is 0 Å². The average Bonchev–Trinajstić information content (AvgIpc) is 2.49. The maximum absolute atomic E-state index is 13.5. The molecule has 9 heteroatoms. The number of nitrogens with two attached hydrogens (primary N) is 1. The van der Waals surface area contributed by atoms with Crippen molar-refractivity contribution in [1.29, 1.82) is 0 Å². The molecule has 2 rings (SSSR count). The van der Waals surface area contributed by atoms with Crippen LogP contribution in [0.1, 0.15) is 10.5 Å². The van der Waals surface area contributed by atoms with Gasteiger partial charge in [0.15, 0.2) is 0 Å². The molecule has 1 amide bonds. The van der Waals surface area contributed by atoms with E-state index in [4.69, 9.17) is 5.84 Å². The van der Waals surface area contributed by atoms with E-state index in [1.54, 1.807) is 0 Å². The van der Waals surface area contributed by atoms with Gasteiger partial charge in [0.1, 0.15) is 11.5 Å². The predicted octanol–water partition coefficient (Wildman–Crippen LogP) is 1.67. The highest BCUT2D eigenvalue weighted by Gasteiger charge is 2.14. The molecule has 0 aliphatic heterocycles. The number of amides is 1. The molecule has 21 heavy (non-hydrogen) atoms. The van der Waals surface area contributed by atoms with Gasteiger partial charge in [0, 0.05) is 12.1 Å². The third-order valence-corrected chi connectivity index (χ3v) is 2.57. The van der Waals surface area contributed by atoms with Crippen LogP contribution in [0, 0.1) is 15.9 Å². The molecule has 0 aliphatic rings. The molecule has 1 aromatic heterocycles. The molecular weight excluding hydrogens is 281 g/mol. The van der Waals surface area contributed by atoms with Gasteiger partial charge in [-0.25, -0.2) is 9.37 Å². The number of aromatic nitrogens is 1. The number of pyridine rings is 1. The van der Waals surface area contributed by atoms with Crippen LogP contribution in [0.25, 0.3) is 0 Å². The van der Waals surface area contributed by atoms with Gasteiger partial charge >= 0.3 is 0 Å². The maximum Gasteiger partial charge on any atom is 0.274 e. The number of halogens is 1. The normalized spacial score (nSPS) is 10.0. The summed E-state index contributed by atoms with van der Waals surface area (Å²) in [5.41, 5.74) is 2.22. The predicted molar refractivity (Wildman–Crippen MR) is 73.1 cm³/mol. The summed E-state index contributed by atoms with van der Waals surface area (Å²) in [6.45, 7) is 0. The molecule has 2 aromatic rings. The number of rotatable bonds is 4. The highest BCUT2D eigenvalue weighted by atomic mass is 19.1. The smallest absolute Gasteiger partial charge is 0.274 e. The van der Waals surface area contributed by atoms with Crippen molar-refractivity contribution in [2.45, 2.75) is 0 Å². The zero-order valence-corrected chi connectivity index (χ0v) is 10.5. The van der Waals surface area contributed by atoms with Crippen molar-refractivity contribution in [2.24, 2.45) is 5.84 Å². The molecular formula is C12H10FN5O3. The Balaban J connectivity index is 2.22. The number of benzene rings is 1. The number of anilines is 2. The first-order chi connectivity index (χ1) is 10.0. The standard InChI is InChI=1S/C12H10FN5O3/c13-9-3-2-8(18(20)21)5-11(9)16-12(19)10-4-1-7(17-14)6-15-10/h1-6,17H,14H2,(H,16,19). The second kappa shape index (κ2) is 5.92. The molecule has 0 saturated carbocycles. The number of non-ortho nitro benzene ring substituents is 1.